The van der Waals surface area contributed by atoms with Crippen LogP contribution in [-0.4, -0.2) is 30.1 Å². The highest BCUT2D eigenvalue weighted by Gasteiger charge is 2.19. The zero-order valence-electron chi connectivity index (χ0n) is 10.00. The molecule has 0 bridgehead atoms. The molecule has 0 aromatic carbocycles. The SMILES string of the molecule is CC(N)C(C)CN1CCCCCC1C. The van der Waals surface area contributed by atoms with Crippen LogP contribution in [0.1, 0.15) is 46.5 Å². The van der Waals surface area contributed by atoms with Crippen molar-refractivity contribution in [3.63, 3.8) is 0 Å². The van der Waals surface area contributed by atoms with Crippen molar-refractivity contribution >= 4 is 0 Å². The van der Waals surface area contributed by atoms with E-state index in [0.29, 0.717) is 12.0 Å². The van der Waals surface area contributed by atoms with Gasteiger partial charge in [-0.1, -0.05) is 19.8 Å². The molecule has 1 aliphatic heterocycles. The van der Waals surface area contributed by atoms with Gasteiger partial charge in [-0.25, -0.2) is 0 Å². The Balaban J connectivity index is 2.40. The molecule has 0 amide bonds. The van der Waals surface area contributed by atoms with E-state index < -0.39 is 0 Å². The van der Waals surface area contributed by atoms with E-state index in [1.165, 1.54) is 38.8 Å². The van der Waals surface area contributed by atoms with Crippen molar-refractivity contribution in [1.82, 2.24) is 4.90 Å². The van der Waals surface area contributed by atoms with Crippen LogP contribution >= 0.6 is 0 Å². The van der Waals surface area contributed by atoms with Crippen LogP contribution in [0.5, 0.6) is 0 Å². The first kappa shape index (κ1) is 12.0. The maximum absolute atomic E-state index is 5.91. The highest BCUT2D eigenvalue weighted by Crippen LogP contribution is 2.18. The Labute approximate surface area is 88.8 Å². The van der Waals surface area contributed by atoms with Gasteiger partial charge in [-0.15, -0.1) is 0 Å². The number of hydrogen-bond acceptors (Lipinski definition) is 2. The molecule has 1 heterocycles. The summed E-state index contributed by atoms with van der Waals surface area (Å²) in [6, 6.07) is 1.09. The molecule has 1 saturated heterocycles. The van der Waals surface area contributed by atoms with Crippen molar-refractivity contribution < 1.29 is 0 Å². The lowest BCUT2D eigenvalue weighted by Crippen LogP contribution is -2.40. The van der Waals surface area contributed by atoms with Gasteiger partial charge in [0, 0.05) is 18.6 Å². The van der Waals surface area contributed by atoms with Gasteiger partial charge in [0.2, 0.25) is 0 Å². The summed E-state index contributed by atoms with van der Waals surface area (Å²) in [4.78, 5) is 2.63. The molecule has 0 radical (unpaired) electrons. The van der Waals surface area contributed by atoms with Gasteiger partial charge in [0.15, 0.2) is 0 Å². The van der Waals surface area contributed by atoms with Gasteiger partial charge in [0.1, 0.15) is 0 Å². The van der Waals surface area contributed by atoms with E-state index in [4.69, 9.17) is 5.73 Å². The second-order valence-electron chi connectivity index (χ2n) is 5.03. The van der Waals surface area contributed by atoms with Crippen molar-refractivity contribution in [2.75, 3.05) is 13.1 Å². The molecule has 14 heavy (non-hydrogen) atoms. The maximum Gasteiger partial charge on any atom is 0.00670 e. The van der Waals surface area contributed by atoms with E-state index in [-0.39, 0.29) is 0 Å². The third kappa shape index (κ3) is 3.58. The van der Waals surface area contributed by atoms with Crippen LogP contribution in [0.2, 0.25) is 0 Å². The predicted octanol–water partition coefficient (Wildman–Crippen LogP) is 2.23. The minimum Gasteiger partial charge on any atom is -0.328 e. The van der Waals surface area contributed by atoms with E-state index in [0.717, 1.165) is 6.04 Å². The van der Waals surface area contributed by atoms with Crippen molar-refractivity contribution in [2.24, 2.45) is 11.7 Å². The van der Waals surface area contributed by atoms with Crippen LogP contribution in [-0.2, 0) is 0 Å². The molecule has 0 aromatic heterocycles. The second-order valence-corrected chi connectivity index (χ2v) is 5.03. The Hall–Kier alpha value is -0.0800. The molecular formula is C12H26N2. The van der Waals surface area contributed by atoms with Gasteiger partial charge in [0.05, 0.1) is 0 Å². The Kier molecular flexibility index (Phi) is 4.90. The molecule has 2 N–H and O–H groups in total. The molecule has 0 aromatic rings. The van der Waals surface area contributed by atoms with Crippen molar-refractivity contribution in [3.05, 3.63) is 0 Å². The Morgan fingerprint density at radius 1 is 1.29 bits per heavy atom. The monoisotopic (exact) mass is 198 g/mol. The molecule has 3 atom stereocenters. The summed E-state index contributed by atoms with van der Waals surface area (Å²) in [5.74, 6) is 0.621. The molecule has 0 spiro atoms. The van der Waals surface area contributed by atoms with E-state index in [1.54, 1.807) is 0 Å². The summed E-state index contributed by atoms with van der Waals surface area (Å²) in [6.07, 6.45) is 5.55. The predicted molar refractivity (Wildman–Crippen MR) is 62.3 cm³/mol. The summed E-state index contributed by atoms with van der Waals surface area (Å²) in [5, 5.41) is 0. The van der Waals surface area contributed by atoms with Crippen molar-refractivity contribution in [3.8, 4) is 0 Å². The molecule has 1 rings (SSSR count). The molecule has 84 valence electrons. The molecular weight excluding hydrogens is 172 g/mol. The van der Waals surface area contributed by atoms with Gasteiger partial charge in [0.25, 0.3) is 0 Å². The van der Waals surface area contributed by atoms with Gasteiger partial charge >= 0.3 is 0 Å². The van der Waals surface area contributed by atoms with Crippen LogP contribution in [0.15, 0.2) is 0 Å². The molecule has 0 aliphatic carbocycles. The van der Waals surface area contributed by atoms with Crippen LogP contribution in [0, 0.1) is 5.92 Å². The van der Waals surface area contributed by atoms with E-state index in [9.17, 15) is 0 Å². The lowest BCUT2D eigenvalue weighted by Gasteiger charge is -2.30. The van der Waals surface area contributed by atoms with Gasteiger partial charge in [-0.2, -0.15) is 0 Å². The fourth-order valence-corrected chi connectivity index (χ4v) is 2.14. The minimum absolute atomic E-state index is 0.324. The number of nitrogens with two attached hydrogens (primary N) is 1. The topological polar surface area (TPSA) is 29.3 Å². The highest BCUT2D eigenvalue weighted by atomic mass is 15.2. The largest absolute Gasteiger partial charge is 0.328 e. The molecule has 1 fully saturated rings. The quantitative estimate of drug-likeness (QED) is 0.753. The summed E-state index contributed by atoms with van der Waals surface area (Å²) in [6.45, 7) is 9.20. The third-order valence-corrected chi connectivity index (χ3v) is 3.61. The van der Waals surface area contributed by atoms with Gasteiger partial charge in [-0.05, 0) is 39.2 Å². The van der Waals surface area contributed by atoms with E-state index in [2.05, 4.69) is 25.7 Å². The lowest BCUT2D eigenvalue weighted by atomic mass is 10.0. The summed E-state index contributed by atoms with van der Waals surface area (Å²) in [7, 11) is 0. The first-order valence-corrected chi connectivity index (χ1v) is 6.11. The number of likely N-dealkylation sites (tertiary alicyclic amines) is 1. The van der Waals surface area contributed by atoms with Crippen molar-refractivity contribution in [1.29, 1.82) is 0 Å². The van der Waals surface area contributed by atoms with Crippen molar-refractivity contribution in [2.45, 2.75) is 58.5 Å². The molecule has 0 saturated carbocycles. The third-order valence-electron chi connectivity index (χ3n) is 3.61. The first-order chi connectivity index (χ1) is 6.61. The zero-order chi connectivity index (χ0) is 10.6. The van der Waals surface area contributed by atoms with Crippen LogP contribution in [0.4, 0.5) is 0 Å². The maximum atomic E-state index is 5.91. The fourth-order valence-electron chi connectivity index (χ4n) is 2.14. The normalized spacial score (nSPS) is 29.6. The van der Waals surface area contributed by atoms with Crippen LogP contribution < -0.4 is 5.73 Å². The average Bonchev–Trinajstić information content (AvgIpc) is 2.32. The first-order valence-electron chi connectivity index (χ1n) is 6.11. The summed E-state index contributed by atoms with van der Waals surface area (Å²) < 4.78 is 0. The summed E-state index contributed by atoms with van der Waals surface area (Å²) >= 11 is 0. The zero-order valence-corrected chi connectivity index (χ0v) is 10.00. The summed E-state index contributed by atoms with van der Waals surface area (Å²) in [5.41, 5.74) is 5.91. The van der Waals surface area contributed by atoms with Gasteiger partial charge in [-0.3, -0.25) is 0 Å². The van der Waals surface area contributed by atoms with Gasteiger partial charge < -0.3 is 10.6 Å². The highest BCUT2D eigenvalue weighted by molar-refractivity contribution is 4.75. The average molecular weight is 198 g/mol. The fraction of sp³-hybridized carbons (Fsp3) is 1.00. The second kappa shape index (κ2) is 5.72. The Bertz CT molecular complexity index is 156. The standard InChI is InChI=1S/C12H26N2/c1-10(12(3)13)9-14-8-6-4-5-7-11(14)2/h10-12H,4-9,13H2,1-3H3. The Morgan fingerprint density at radius 2 is 2.00 bits per heavy atom. The smallest absolute Gasteiger partial charge is 0.00670 e. The molecule has 2 heteroatoms. The Morgan fingerprint density at radius 3 is 2.64 bits per heavy atom. The number of nitrogens with zero attached hydrogens (tertiary/aromatic N) is 1. The minimum atomic E-state index is 0.324. The van der Waals surface area contributed by atoms with E-state index >= 15 is 0 Å². The molecule has 3 unspecified atom stereocenters. The van der Waals surface area contributed by atoms with Crippen LogP contribution in [0.25, 0.3) is 0 Å². The number of rotatable bonds is 3. The molecule has 2 nitrogen and oxygen atoms in total. The van der Waals surface area contributed by atoms with E-state index in [1.807, 2.05) is 0 Å². The molecule has 1 aliphatic rings. The lowest BCUT2D eigenvalue weighted by molar-refractivity contribution is 0.177. The van der Waals surface area contributed by atoms with Crippen LogP contribution in [0.3, 0.4) is 0 Å². The number of hydrogen-bond donors (Lipinski definition) is 1.